The fourth-order valence-electron chi connectivity index (χ4n) is 1.16. The van der Waals surface area contributed by atoms with Crippen LogP contribution in [0.25, 0.3) is 0 Å². The third kappa shape index (κ3) is 2.44. The molecule has 71 valence electrons. The molecule has 13 heavy (non-hydrogen) atoms. The molecule has 0 aliphatic heterocycles. The summed E-state index contributed by atoms with van der Waals surface area (Å²) in [7, 11) is 0. The highest BCUT2D eigenvalue weighted by molar-refractivity contribution is 5.32. The van der Waals surface area contributed by atoms with Gasteiger partial charge in [0.15, 0.2) is 0 Å². The molecule has 0 saturated carbocycles. The van der Waals surface area contributed by atoms with E-state index in [-0.39, 0.29) is 11.7 Å². The second-order valence-corrected chi connectivity index (χ2v) is 3.02. The Morgan fingerprint density at radius 3 is 2.77 bits per heavy atom. The van der Waals surface area contributed by atoms with Crippen molar-refractivity contribution in [3.63, 3.8) is 0 Å². The van der Waals surface area contributed by atoms with Crippen LogP contribution in [0, 0.1) is 12.7 Å². The first-order chi connectivity index (χ1) is 6.15. The molecule has 0 aliphatic rings. The Labute approximate surface area is 78.5 Å². The first-order valence-corrected chi connectivity index (χ1v) is 4.40. The van der Waals surface area contributed by atoms with Crippen molar-refractivity contribution >= 4 is 0 Å². The van der Waals surface area contributed by atoms with E-state index in [4.69, 9.17) is 4.74 Å². The van der Waals surface area contributed by atoms with Crippen molar-refractivity contribution in [2.75, 3.05) is 6.61 Å². The van der Waals surface area contributed by atoms with Gasteiger partial charge < -0.3 is 4.74 Å². The van der Waals surface area contributed by atoms with E-state index in [0.29, 0.717) is 17.9 Å². The lowest BCUT2D eigenvalue weighted by molar-refractivity contribution is 0.339. The highest BCUT2D eigenvalue weighted by atomic mass is 19.1. The van der Waals surface area contributed by atoms with Crippen LogP contribution in [0.4, 0.5) is 4.39 Å². The highest BCUT2D eigenvalue weighted by Gasteiger charge is 2.07. The number of hydrogen-bond acceptors (Lipinski definition) is 1. The van der Waals surface area contributed by atoms with E-state index in [0.717, 1.165) is 0 Å². The van der Waals surface area contributed by atoms with E-state index in [1.165, 1.54) is 6.07 Å². The van der Waals surface area contributed by atoms with Crippen LogP contribution in [-0.4, -0.2) is 6.61 Å². The van der Waals surface area contributed by atoms with E-state index in [9.17, 15) is 4.39 Å². The lowest BCUT2D eigenvalue weighted by atomic mass is 10.0. The van der Waals surface area contributed by atoms with Gasteiger partial charge in [0.1, 0.15) is 11.6 Å². The van der Waals surface area contributed by atoms with Gasteiger partial charge in [0.25, 0.3) is 0 Å². The maximum Gasteiger partial charge on any atom is 0.126 e. The van der Waals surface area contributed by atoms with Crippen molar-refractivity contribution in [2.24, 2.45) is 0 Å². The third-order valence-corrected chi connectivity index (χ3v) is 1.81. The monoisotopic (exact) mass is 181 g/mol. The van der Waals surface area contributed by atoms with Crippen LogP contribution in [0.15, 0.2) is 18.2 Å². The van der Waals surface area contributed by atoms with Crippen molar-refractivity contribution in [3.8, 4) is 5.75 Å². The van der Waals surface area contributed by atoms with Crippen LogP contribution in [0.2, 0.25) is 0 Å². The maximum atomic E-state index is 13.2. The fourth-order valence-corrected chi connectivity index (χ4v) is 1.16. The Morgan fingerprint density at radius 1 is 1.54 bits per heavy atom. The predicted octanol–water partition coefficient (Wildman–Crippen LogP) is 3.16. The average molecular weight is 181 g/mol. The molecule has 0 heterocycles. The van der Waals surface area contributed by atoms with Crippen LogP contribution in [0.5, 0.6) is 5.75 Å². The van der Waals surface area contributed by atoms with E-state index >= 15 is 0 Å². The predicted molar refractivity (Wildman–Crippen MR) is 51.3 cm³/mol. The molecule has 1 rings (SSSR count). The normalized spacial score (nSPS) is 10.5. The van der Waals surface area contributed by atoms with Crippen LogP contribution in [-0.2, 0) is 0 Å². The number of benzene rings is 1. The van der Waals surface area contributed by atoms with Crippen LogP contribution in [0.3, 0.4) is 0 Å². The highest BCUT2D eigenvalue weighted by Crippen LogP contribution is 2.23. The standard InChI is InChI=1S/C11H14FO/c1-4-13-9-5-6-11(12)10(7-9)8(2)3/h5-8H,2,4H2,1,3H3. The molecular weight excluding hydrogens is 167 g/mol. The second-order valence-electron chi connectivity index (χ2n) is 3.02. The summed E-state index contributed by atoms with van der Waals surface area (Å²) in [6, 6.07) is 4.75. The Bertz CT molecular complexity index is 281. The quantitative estimate of drug-likeness (QED) is 0.696. The molecule has 0 N–H and O–H groups in total. The van der Waals surface area contributed by atoms with Crippen molar-refractivity contribution in [1.29, 1.82) is 0 Å². The Kier molecular flexibility index (Phi) is 3.29. The molecule has 0 amide bonds. The largest absolute Gasteiger partial charge is 0.494 e. The van der Waals surface area contributed by atoms with Crippen LogP contribution < -0.4 is 4.74 Å². The van der Waals surface area contributed by atoms with Gasteiger partial charge in [0.2, 0.25) is 0 Å². The molecule has 0 spiro atoms. The van der Waals surface area contributed by atoms with Gasteiger partial charge in [-0.1, -0.05) is 6.92 Å². The van der Waals surface area contributed by atoms with Gasteiger partial charge in [-0.3, -0.25) is 0 Å². The zero-order valence-electron chi connectivity index (χ0n) is 8.01. The van der Waals surface area contributed by atoms with E-state index in [1.54, 1.807) is 12.1 Å². The summed E-state index contributed by atoms with van der Waals surface area (Å²) in [6.45, 7) is 8.12. The molecule has 0 saturated heterocycles. The molecule has 0 aromatic heterocycles. The van der Waals surface area contributed by atoms with Gasteiger partial charge in [-0.25, -0.2) is 4.39 Å². The summed E-state index contributed by atoms with van der Waals surface area (Å²) in [5, 5.41) is 0. The molecule has 1 unspecified atom stereocenters. The molecule has 0 aliphatic carbocycles. The van der Waals surface area contributed by atoms with Gasteiger partial charge in [0.05, 0.1) is 6.61 Å². The first kappa shape index (κ1) is 10.0. The second kappa shape index (κ2) is 4.26. The average Bonchev–Trinajstić information content (AvgIpc) is 2.08. The number of ether oxygens (including phenoxy) is 1. The minimum absolute atomic E-state index is 0.0552. The summed E-state index contributed by atoms with van der Waals surface area (Å²) < 4.78 is 18.4. The van der Waals surface area contributed by atoms with Crippen molar-refractivity contribution in [1.82, 2.24) is 0 Å². The van der Waals surface area contributed by atoms with Gasteiger partial charge in [0, 0.05) is 0 Å². The van der Waals surface area contributed by atoms with E-state index < -0.39 is 0 Å². The van der Waals surface area contributed by atoms with Gasteiger partial charge in [-0.05, 0) is 43.5 Å². The van der Waals surface area contributed by atoms with E-state index in [1.807, 2.05) is 13.8 Å². The van der Waals surface area contributed by atoms with Crippen molar-refractivity contribution in [3.05, 3.63) is 36.5 Å². The molecule has 1 aromatic carbocycles. The summed E-state index contributed by atoms with van der Waals surface area (Å²) in [6.07, 6.45) is 0. The number of hydrogen-bond donors (Lipinski definition) is 0. The summed E-state index contributed by atoms with van der Waals surface area (Å²) in [4.78, 5) is 0. The number of rotatable bonds is 3. The summed E-state index contributed by atoms with van der Waals surface area (Å²) >= 11 is 0. The number of halogens is 1. The van der Waals surface area contributed by atoms with Gasteiger partial charge in [-0.2, -0.15) is 0 Å². The Balaban J connectivity index is 2.97. The molecule has 2 heteroatoms. The Morgan fingerprint density at radius 2 is 2.23 bits per heavy atom. The van der Waals surface area contributed by atoms with Crippen molar-refractivity contribution in [2.45, 2.75) is 19.8 Å². The SMILES string of the molecule is [CH2]C(C)c1cc(OCC)ccc1F. The zero-order valence-corrected chi connectivity index (χ0v) is 8.01. The lowest BCUT2D eigenvalue weighted by Crippen LogP contribution is -1.96. The summed E-state index contributed by atoms with van der Waals surface area (Å²) in [5.74, 6) is 0.431. The molecule has 1 nitrogen and oxygen atoms in total. The molecule has 1 aromatic rings. The summed E-state index contributed by atoms with van der Waals surface area (Å²) in [5.41, 5.74) is 0.603. The lowest BCUT2D eigenvalue weighted by Gasteiger charge is -2.09. The smallest absolute Gasteiger partial charge is 0.126 e. The molecular formula is C11H14FO. The third-order valence-electron chi connectivity index (χ3n) is 1.81. The minimum atomic E-state index is -0.217. The molecule has 1 atom stereocenters. The van der Waals surface area contributed by atoms with Crippen molar-refractivity contribution < 1.29 is 9.13 Å². The first-order valence-electron chi connectivity index (χ1n) is 4.40. The molecule has 0 fully saturated rings. The zero-order chi connectivity index (χ0) is 9.84. The fraction of sp³-hybridized carbons (Fsp3) is 0.364. The van der Waals surface area contributed by atoms with Crippen LogP contribution >= 0.6 is 0 Å². The van der Waals surface area contributed by atoms with Gasteiger partial charge in [-0.15, -0.1) is 0 Å². The minimum Gasteiger partial charge on any atom is -0.494 e. The van der Waals surface area contributed by atoms with E-state index in [2.05, 4.69) is 6.92 Å². The Hall–Kier alpha value is -1.05. The topological polar surface area (TPSA) is 9.23 Å². The maximum absolute atomic E-state index is 13.2. The molecule has 1 radical (unpaired) electrons. The molecule has 0 bridgehead atoms. The van der Waals surface area contributed by atoms with Crippen LogP contribution in [0.1, 0.15) is 25.3 Å². The van der Waals surface area contributed by atoms with Gasteiger partial charge >= 0.3 is 0 Å².